The van der Waals surface area contributed by atoms with Crippen LogP contribution in [0.25, 0.3) is 0 Å². The first-order chi connectivity index (χ1) is 8.69. The molecule has 0 aromatic heterocycles. The van der Waals surface area contributed by atoms with E-state index in [4.69, 9.17) is 28.3 Å². The molecule has 0 spiro atoms. The summed E-state index contributed by atoms with van der Waals surface area (Å²) in [5.74, 6) is 0. The summed E-state index contributed by atoms with van der Waals surface area (Å²) in [6, 6.07) is 5.81. The highest BCUT2D eigenvalue weighted by molar-refractivity contribution is 6.42. The van der Waals surface area contributed by atoms with E-state index in [1.807, 2.05) is 18.2 Å². The first-order valence-corrected chi connectivity index (χ1v) is 6.94. The average molecular weight is 289 g/mol. The van der Waals surface area contributed by atoms with Crippen molar-refractivity contribution in [2.45, 2.75) is 6.54 Å². The third-order valence-corrected chi connectivity index (χ3v) is 4.01. The van der Waals surface area contributed by atoms with Crippen LogP contribution in [0, 0.1) is 0 Å². The van der Waals surface area contributed by atoms with Crippen LogP contribution in [0.4, 0.5) is 0 Å². The fourth-order valence-electron chi connectivity index (χ4n) is 2.21. The van der Waals surface area contributed by atoms with E-state index >= 15 is 0 Å². The summed E-state index contributed by atoms with van der Waals surface area (Å²) >= 11 is 11.9. The van der Waals surface area contributed by atoms with Gasteiger partial charge in [0.05, 0.1) is 16.7 Å². The molecule has 1 aliphatic heterocycles. The summed E-state index contributed by atoms with van der Waals surface area (Å²) in [5, 5.41) is 10.1. The van der Waals surface area contributed by atoms with Crippen LogP contribution in [-0.2, 0) is 6.54 Å². The first kappa shape index (κ1) is 14.1. The summed E-state index contributed by atoms with van der Waals surface area (Å²) in [4.78, 5) is 4.68. The normalized spacial score (nSPS) is 18.2. The summed E-state index contributed by atoms with van der Waals surface area (Å²) in [6.45, 7) is 6.02. The number of nitrogens with zero attached hydrogens (tertiary/aromatic N) is 2. The number of aliphatic hydroxyl groups is 1. The van der Waals surface area contributed by atoms with Gasteiger partial charge in [0.25, 0.3) is 0 Å². The Balaban J connectivity index is 1.85. The minimum Gasteiger partial charge on any atom is -0.395 e. The number of hydrogen-bond donors (Lipinski definition) is 1. The van der Waals surface area contributed by atoms with E-state index in [2.05, 4.69) is 9.80 Å². The van der Waals surface area contributed by atoms with E-state index < -0.39 is 0 Å². The minimum absolute atomic E-state index is 0.243. The van der Waals surface area contributed by atoms with E-state index in [1.165, 1.54) is 5.56 Å². The molecule has 0 aliphatic carbocycles. The fraction of sp³-hybridized carbons (Fsp3) is 0.538. The molecule has 0 unspecified atom stereocenters. The molecule has 0 amide bonds. The lowest BCUT2D eigenvalue weighted by atomic mass is 10.2. The van der Waals surface area contributed by atoms with Crippen molar-refractivity contribution in [2.24, 2.45) is 0 Å². The van der Waals surface area contributed by atoms with Gasteiger partial charge < -0.3 is 5.11 Å². The minimum atomic E-state index is 0.243. The van der Waals surface area contributed by atoms with E-state index in [0.717, 1.165) is 39.3 Å². The second-order valence-electron chi connectivity index (χ2n) is 4.59. The zero-order valence-electron chi connectivity index (χ0n) is 10.3. The van der Waals surface area contributed by atoms with Crippen molar-refractivity contribution < 1.29 is 5.11 Å². The lowest BCUT2D eigenvalue weighted by Crippen LogP contribution is -2.46. The highest BCUT2D eigenvalue weighted by Crippen LogP contribution is 2.23. The van der Waals surface area contributed by atoms with E-state index in [1.54, 1.807) is 0 Å². The zero-order valence-corrected chi connectivity index (χ0v) is 11.8. The second-order valence-corrected chi connectivity index (χ2v) is 5.40. The van der Waals surface area contributed by atoms with Crippen LogP contribution in [-0.4, -0.2) is 54.2 Å². The summed E-state index contributed by atoms with van der Waals surface area (Å²) in [7, 11) is 0. The molecule has 1 saturated heterocycles. The molecular weight excluding hydrogens is 271 g/mol. The molecule has 0 bridgehead atoms. The molecule has 5 heteroatoms. The largest absolute Gasteiger partial charge is 0.395 e. The second kappa shape index (κ2) is 6.73. The molecule has 100 valence electrons. The van der Waals surface area contributed by atoms with Crippen molar-refractivity contribution in [3.05, 3.63) is 33.8 Å². The Kier molecular flexibility index (Phi) is 5.27. The third kappa shape index (κ3) is 3.84. The predicted octanol–water partition coefficient (Wildman–Crippen LogP) is 2.10. The Bertz CT molecular complexity index is 393. The van der Waals surface area contributed by atoms with Gasteiger partial charge in [-0.05, 0) is 17.7 Å². The van der Waals surface area contributed by atoms with Crippen LogP contribution >= 0.6 is 23.2 Å². The Morgan fingerprint density at radius 1 is 1.00 bits per heavy atom. The van der Waals surface area contributed by atoms with Gasteiger partial charge in [-0.3, -0.25) is 9.80 Å². The number of benzene rings is 1. The number of piperazine rings is 1. The van der Waals surface area contributed by atoms with Gasteiger partial charge in [-0.25, -0.2) is 0 Å². The molecule has 3 nitrogen and oxygen atoms in total. The monoisotopic (exact) mass is 288 g/mol. The van der Waals surface area contributed by atoms with Gasteiger partial charge in [-0.2, -0.15) is 0 Å². The van der Waals surface area contributed by atoms with Crippen molar-refractivity contribution >= 4 is 23.2 Å². The van der Waals surface area contributed by atoms with Crippen LogP contribution in [0.3, 0.4) is 0 Å². The quantitative estimate of drug-likeness (QED) is 0.919. The van der Waals surface area contributed by atoms with Crippen LogP contribution in [0.15, 0.2) is 18.2 Å². The number of β-amino-alcohol motifs (C(OH)–C–C–N with tert-alkyl or cyclic N) is 1. The van der Waals surface area contributed by atoms with Gasteiger partial charge in [0.2, 0.25) is 0 Å². The molecule has 0 atom stereocenters. The Labute approximate surface area is 118 Å². The van der Waals surface area contributed by atoms with Gasteiger partial charge in [0.15, 0.2) is 0 Å². The molecule has 1 aliphatic rings. The van der Waals surface area contributed by atoms with Crippen LogP contribution in [0.1, 0.15) is 5.56 Å². The maximum absolute atomic E-state index is 8.89. The maximum Gasteiger partial charge on any atom is 0.0595 e. The molecular formula is C13H18Cl2N2O. The molecule has 1 N–H and O–H groups in total. The van der Waals surface area contributed by atoms with E-state index in [-0.39, 0.29) is 6.61 Å². The molecule has 1 heterocycles. The van der Waals surface area contributed by atoms with E-state index in [0.29, 0.717) is 10.0 Å². The molecule has 1 aromatic carbocycles. The van der Waals surface area contributed by atoms with E-state index in [9.17, 15) is 0 Å². The van der Waals surface area contributed by atoms with Crippen molar-refractivity contribution in [1.29, 1.82) is 0 Å². The summed E-state index contributed by atoms with van der Waals surface area (Å²) in [5.41, 5.74) is 1.19. The van der Waals surface area contributed by atoms with Gasteiger partial charge in [-0.1, -0.05) is 29.3 Å². The standard InChI is InChI=1S/C13H18Cl2N2O/c14-12-2-1-11(9-13(12)15)10-17-5-3-16(4-6-17)7-8-18/h1-2,9,18H,3-8,10H2. The zero-order chi connectivity index (χ0) is 13.0. The Morgan fingerprint density at radius 3 is 2.28 bits per heavy atom. The number of halogens is 2. The van der Waals surface area contributed by atoms with Crippen LogP contribution < -0.4 is 0 Å². The molecule has 0 radical (unpaired) electrons. The number of aliphatic hydroxyl groups excluding tert-OH is 1. The molecule has 0 saturated carbocycles. The Hall–Kier alpha value is -0.320. The average Bonchev–Trinajstić information content (AvgIpc) is 2.37. The molecule has 1 fully saturated rings. The van der Waals surface area contributed by atoms with Gasteiger partial charge in [0.1, 0.15) is 0 Å². The van der Waals surface area contributed by atoms with Gasteiger partial charge in [-0.15, -0.1) is 0 Å². The van der Waals surface area contributed by atoms with Crippen LogP contribution in [0.2, 0.25) is 10.0 Å². The fourth-order valence-corrected chi connectivity index (χ4v) is 2.53. The maximum atomic E-state index is 8.89. The first-order valence-electron chi connectivity index (χ1n) is 6.18. The van der Waals surface area contributed by atoms with Crippen molar-refractivity contribution in [3.8, 4) is 0 Å². The van der Waals surface area contributed by atoms with Crippen LogP contribution in [0.5, 0.6) is 0 Å². The van der Waals surface area contributed by atoms with Gasteiger partial charge in [0, 0.05) is 39.3 Å². The predicted molar refractivity (Wildman–Crippen MR) is 75.3 cm³/mol. The number of rotatable bonds is 4. The molecule has 2 rings (SSSR count). The van der Waals surface area contributed by atoms with Gasteiger partial charge >= 0.3 is 0 Å². The van der Waals surface area contributed by atoms with Crippen molar-refractivity contribution in [1.82, 2.24) is 9.80 Å². The summed E-state index contributed by atoms with van der Waals surface area (Å²) < 4.78 is 0. The smallest absolute Gasteiger partial charge is 0.0595 e. The lowest BCUT2D eigenvalue weighted by molar-refractivity contribution is 0.108. The lowest BCUT2D eigenvalue weighted by Gasteiger charge is -2.34. The molecule has 1 aromatic rings. The molecule has 18 heavy (non-hydrogen) atoms. The third-order valence-electron chi connectivity index (χ3n) is 3.27. The van der Waals surface area contributed by atoms with Crippen molar-refractivity contribution in [3.63, 3.8) is 0 Å². The summed E-state index contributed by atoms with van der Waals surface area (Å²) in [6.07, 6.45) is 0. The highest BCUT2D eigenvalue weighted by atomic mass is 35.5. The Morgan fingerprint density at radius 2 is 1.67 bits per heavy atom. The SMILES string of the molecule is OCCN1CCN(Cc2ccc(Cl)c(Cl)c2)CC1. The highest BCUT2D eigenvalue weighted by Gasteiger charge is 2.16. The topological polar surface area (TPSA) is 26.7 Å². The van der Waals surface area contributed by atoms with Crippen molar-refractivity contribution in [2.75, 3.05) is 39.3 Å². The number of hydrogen-bond acceptors (Lipinski definition) is 3.